The van der Waals surface area contributed by atoms with E-state index in [2.05, 4.69) is 5.32 Å². The molecule has 2 aliphatic heterocycles. The van der Waals surface area contributed by atoms with Crippen molar-refractivity contribution in [3.8, 4) is 0 Å². The summed E-state index contributed by atoms with van der Waals surface area (Å²) in [6, 6.07) is 9.81. The summed E-state index contributed by atoms with van der Waals surface area (Å²) in [6.07, 6.45) is 3.17. The number of benzene rings is 1. The summed E-state index contributed by atoms with van der Waals surface area (Å²) in [4.78, 5) is 13.8. The minimum Gasteiger partial charge on any atom is -0.445 e. The second kappa shape index (κ2) is 6.46. The molecule has 1 aromatic carbocycles. The number of carbonyl (C=O) groups excluding carboxylic acids is 1. The van der Waals surface area contributed by atoms with Gasteiger partial charge in [-0.1, -0.05) is 30.3 Å². The highest BCUT2D eigenvalue weighted by molar-refractivity contribution is 5.85. The van der Waals surface area contributed by atoms with Crippen LogP contribution in [0, 0.1) is 0 Å². The van der Waals surface area contributed by atoms with Crippen molar-refractivity contribution in [2.24, 2.45) is 0 Å². The first-order chi connectivity index (χ1) is 9.27. The zero-order valence-corrected chi connectivity index (χ0v) is 12.3. The maximum Gasteiger partial charge on any atom is 0.410 e. The van der Waals surface area contributed by atoms with Gasteiger partial charge in [-0.05, 0) is 31.4 Å². The van der Waals surface area contributed by atoms with Crippen molar-refractivity contribution >= 4 is 18.5 Å². The molecule has 1 N–H and O–H groups in total. The van der Waals surface area contributed by atoms with E-state index in [9.17, 15) is 4.79 Å². The lowest BCUT2D eigenvalue weighted by Gasteiger charge is -2.48. The number of hydrogen-bond donors (Lipinski definition) is 1. The van der Waals surface area contributed by atoms with Gasteiger partial charge in [-0.25, -0.2) is 4.79 Å². The third kappa shape index (κ3) is 3.25. The van der Waals surface area contributed by atoms with Crippen LogP contribution in [-0.2, 0) is 11.3 Å². The number of rotatable bonds is 2. The number of hydrogen-bond acceptors (Lipinski definition) is 3. The minimum atomic E-state index is -0.182. The first-order valence-electron chi connectivity index (χ1n) is 6.98. The number of nitrogens with zero attached hydrogens (tertiary/aromatic N) is 1. The predicted octanol–water partition coefficient (Wildman–Crippen LogP) is 2.57. The third-order valence-electron chi connectivity index (χ3n) is 4.29. The maximum atomic E-state index is 12.0. The van der Waals surface area contributed by atoms with Crippen molar-refractivity contribution in [2.45, 2.75) is 31.4 Å². The standard InChI is InChI=1S/C15H20N2O2.ClH/c18-14(19-12-13-4-2-1-3-5-13)17-10-7-15(8-11-17)6-9-16-15;/h1-5,16H,6-12H2;1H. The Morgan fingerprint density at radius 2 is 1.85 bits per heavy atom. The van der Waals surface area contributed by atoms with Gasteiger partial charge in [0.1, 0.15) is 6.61 Å². The Labute approximate surface area is 125 Å². The molecule has 0 atom stereocenters. The molecule has 20 heavy (non-hydrogen) atoms. The van der Waals surface area contributed by atoms with Crippen LogP contribution >= 0.6 is 12.4 Å². The van der Waals surface area contributed by atoms with E-state index in [4.69, 9.17) is 4.74 Å². The molecule has 1 spiro atoms. The number of carbonyl (C=O) groups is 1. The Morgan fingerprint density at radius 1 is 1.20 bits per heavy atom. The van der Waals surface area contributed by atoms with Crippen LogP contribution in [0.1, 0.15) is 24.8 Å². The molecule has 0 saturated carbocycles. The molecule has 1 amide bonds. The average Bonchev–Trinajstić information content (AvgIpc) is 2.44. The van der Waals surface area contributed by atoms with E-state index in [1.165, 1.54) is 6.42 Å². The van der Waals surface area contributed by atoms with Crippen LogP contribution in [0.15, 0.2) is 30.3 Å². The van der Waals surface area contributed by atoms with Gasteiger partial charge >= 0.3 is 6.09 Å². The summed E-state index contributed by atoms with van der Waals surface area (Å²) >= 11 is 0. The monoisotopic (exact) mass is 296 g/mol. The number of nitrogens with one attached hydrogen (secondary N) is 1. The molecule has 4 nitrogen and oxygen atoms in total. The summed E-state index contributed by atoms with van der Waals surface area (Å²) in [5.41, 5.74) is 1.36. The summed E-state index contributed by atoms with van der Waals surface area (Å²) in [7, 11) is 0. The summed E-state index contributed by atoms with van der Waals surface area (Å²) in [5, 5.41) is 3.50. The molecule has 5 heteroatoms. The first-order valence-corrected chi connectivity index (χ1v) is 6.98. The van der Waals surface area contributed by atoms with Crippen molar-refractivity contribution in [1.29, 1.82) is 0 Å². The Hall–Kier alpha value is -1.26. The highest BCUT2D eigenvalue weighted by atomic mass is 35.5. The summed E-state index contributed by atoms with van der Waals surface area (Å²) < 4.78 is 5.35. The highest BCUT2D eigenvalue weighted by Gasteiger charge is 2.40. The van der Waals surface area contributed by atoms with Crippen molar-refractivity contribution in [3.05, 3.63) is 35.9 Å². The molecule has 0 bridgehead atoms. The topological polar surface area (TPSA) is 41.6 Å². The number of halogens is 1. The second-order valence-corrected chi connectivity index (χ2v) is 5.48. The highest BCUT2D eigenvalue weighted by Crippen LogP contribution is 2.31. The average molecular weight is 297 g/mol. The van der Waals surface area contributed by atoms with Crippen LogP contribution in [0.25, 0.3) is 0 Å². The van der Waals surface area contributed by atoms with Crippen LogP contribution in [0.4, 0.5) is 4.79 Å². The zero-order valence-electron chi connectivity index (χ0n) is 11.5. The van der Waals surface area contributed by atoms with Crippen LogP contribution in [-0.4, -0.2) is 36.2 Å². The van der Waals surface area contributed by atoms with E-state index in [1.54, 1.807) is 0 Å². The Kier molecular flexibility index (Phi) is 4.89. The van der Waals surface area contributed by atoms with Gasteiger partial charge in [0.05, 0.1) is 0 Å². The van der Waals surface area contributed by atoms with Crippen molar-refractivity contribution in [3.63, 3.8) is 0 Å². The SMILES string of the molecule is Cl.O=C(OCc1ccccc1)N1CCC2(CCN2)CC1. The van der Waals surface area contributed by atoms with Crippen LogP contribution in [0.5, 0.6) is 0 Å². The fourth-order valence-corrected chi connectivity index (χ4v) is 2.83. The smallest absolute Gasteiger partial charge is 0.410 e. The quantitative estimate of drug-likeness (QED) is 0.912. The number of ether oxygens (including phenoxy) is 1. The molecule has 0 aromatic heterocycles. The van der Waals surface area contributed by atoms with Crippen LogP contribution < -0.4 is 5.32 Å². The van der Waals surface area contributed by atoms with Gasteiger partial charge < -0.3 is 15.0 Å². The molecule has 110 valence electrons. The lowest BCUT2D eigenvalue weighted by atomic mass is 9.79. The molecule has 0 aliphatic carbocycles. The van der Waals surface area contributed by atoms with Gasteiger partial charge in [0.2, 0.25) is 0 Å². The van der Waals surface area contributed by atoms with Gasteiger partial charge in [0, 0.05) is 18.6 Å². The first kappa shape index (κ1) is 15.1. The van der Waals surface area contributed by atoms with E-state index in [1.807, 2.05) is 35.2 Å². The Balaban J connectivity index is 0.00000147. The molecule has 0 unspecified atom stereocenters. The van der Waals surface area contributed by atoms with Crippen molar-refractivity contribution in [2.75, 3.05) is 19.6 Å². The minimum absolute atomic E-state index is 0. The molecule has 2 aliphatic rings. The normalized spacial score (nSPS) is 19.9. The fourth-order valence-electron chi connectivity index (χ4n) is 2.83. The largest absolute Gasteiger partial charge is 0.445 e. The predicted molar refractivity (Wildman–Crippen MR) is 80.0 cm³/mol. The molecule has 3 rings (SSSR count). The molecular weight excluding hydrogens is 276 g/mol. The van der Waals surface area contributed by atoms with Gasteiger partial charge in [0.25, 0.3) is 0 Å². The lowest BCUT2D eigenvalue weighted by Crippen LogP contribution is -2.62. The van der Waals surface area contributed by atoms with Crippen LogP contribution in [0.3, 0.4) is 0 Å². The lowest BCUT2D eigenvalue weighted by molar-refractivity contribution is 0.0553. The number of amides is 1. The van der Waals surface area contributed by atoms with E-state index in [-0.39, 0.29) is 18.5 Å². The van der Waals surface area contributed by atoms with E-state index in [0.717, 1.165) is 38.0 Å². The second-order valence-electron chi connectivity index (χ2n) is 5.48. The molecular formula is C15H21ClN2O2. The molecule has 2 fully saturated rings. The molecule has 2 heterocycles. The van der Waals surface area contributed by atoms with E-state index < -0.39 is 0 Å². The van der Waals surface area contributed by atoms with E-state index >= 15 is 0 Å². The number of piperidine rings is 1. The van der Waals surface area contributed by atoms with Gasteiger partial charge in [0.15, 0.2) is 0 Å². The van der Waals surface area contributed by atoms with Gasteiger partial charge in [-0.3, -0.25) is 0 Å². The maximum absolute atomic E-state index is 12.0. The van der Waals surface area contributed by atoms with Gasteiger partial charge in [-0.2, -0.15) is 0 Å². The fraction of sp³-hybridized carbons (Fsp3) is 0.533. The molecule has 0 radical (unpaired) electrons. The summed E-state index contributed by atoms with van der Waals surface area (Å²) in [5.74, 6) is 0. The molecule has 1 aromatic rings. The van der Waals surface area contributed by atoms with E-state index in [0.29, 0.717) is 12.1 Å². The van der Waals surface area contributed by atoms with Crippen molar-refractivity contribution < 1.29 is 9.53 Å². The van der Waals surface area contributed by atoms with Crippen molar-refractivity contribution in [1.82, 2.24) is 10.2 Å². The van der Waals surface area contributed by atoms with Gasteiger partial charge in [-0.15, -0.1) is 12.4 Å². The molecule has 2 saturated heterocycles. The summed E-state index contributed by atoms with van der Waals surface area (Å²) in [6.45, 7) is 3.10. The Bertz CT molecular complexity index is 438. The Morgan fingerprint density at radius 3 is 2.40 bits per heavy atom. The third-order valence-corrected chi connectivity index (χ3v) is 4.29. The number of likely N-dealkylation sites (tertiary alicyclic amines) is 1. The van der Waals surface area contributed by atoms with Crippen LogP contribution in [0.2, 0.25) is 0 Å². The zero-order chi connectivity index (χ0) is 13.1.